The first-order valence-electron chi connectivity index (χ1n) is 5.08. The summed E-state index contributed by atoms with van der Waals surface area (Å²) in [6.07, 6.45) is 7.81. The highest BCUT2D eigenvalue weighted by atomic mass is 16.3. The van der Waals surface area contributed by atoms with Crippen molar-refractivity contribution in [3.63, 3.8) is 0 Å². The topological polar surface area (TPSA) is 20.2 Å². The Bertz CT molecular complexity index is 427. The first-order valence-corrected chi connectivity index (χ1v) is 5.08. The van der Waals surface area contributed by atoms with Gasteiger partial charge < -0.3 is 5.11 Å². The van der Waals surface area contributed by atoms with Crippen molar-refractivity contribution in [1.29, 1.82) is 0 Å². The normalized spacial score (nSPS) is 19.0. The zero-order valence-corrected chi connectivity index (χ0v) is 8.56. The number of hydrogen-bond donors (Lipinski definition) is 1. The fraction of sp³-hybridized carbons (Fsp3) is 0.143. The molecular formula is C14H14O. The smallest absolute Gasteiger partial charge is 0.0535 e. The Kier molecular flexibility index (Phi) is 2.84. The molecule has 0 aliphatic heterocycles. The van der Waals surface area contributed by atoms with Gasteiger partial charge in [0.05, 0.1) is 6.61 Å². The molecule has 1 heteroatoms. The molecule has 0 aromatic heterocycles. The van der Waals surface area contributed by atoms with E-state index in [-0.39, 0.29) is 12.5 Å². The zero-order chi connectivity index (χ0) is 10.7. The highest BCUT2D eigenvalue weighted by Crippen LogP contribution is 2.35. The number of aliphatic hydroxyl groups is 1. The largest absolute Gasteiger partial charge is 0.395 e. The van der Waals surface area contributed by atoms with E-state index in [9.17, 15) is 5.11 Å². The van der Waals surface area contributed by atoms with Crippen molar-refractivity contribution >= 4 is 5.57 Å². The minimum Gasteiger partial charge on any atom is -0.395 e. The number of benzene rings is 1. The molecule has 0 amide bonds. The fourth-order valence-electron chi connectivity index (χ4n) is 1.95. The molecule has 0 radical (unpaired) electrons. The molecule has 1 aliphatic rings. The highest BCUT2D eigenvalue weighted by molar-refractivity contribution is 5.81. The van der Waals surface area contributed by atoms with E-state index in [0.29, 0.717) is 0 Å². The molecule has 0 heterocycles. The molecule has 1 unspecified atom stereocenters. The lowest BCUT2D eigenvalue weighted by Crippen LogP contribution is -1.97. The molecule has 1 nitrogen and oxygen atoms in total. The van der Waals surface area contributed by atoms with Crippen LogP contribution in [0.4, 0.5) is 0 Å². The molecule has 1 aromatic rings. The van der Waals surface area contributed by atoms with Gasteiger partial charge in [-0.25, -0.2) is 0 Å². The van der Waals surface area contributed by atoms with E-state index >= 15 is 0 Å². The lowest BCUT2D eigenvalue weighted by atomic mass is 10.0. The average Bonchev–Trinajstić information content (AvgIpc) is 2.65. The van der Waals surface area contributed by atoms with Crippen molar-refractivity contribution in [1.82, 2.24) is 0 Å². The predicted molar refractivity (Wildman–Crippen MR) is 63.6 cm³/mol. The van der Waals surface area contributed by atoms with E-state index in [2.05, 4.69) is 24.8 Å². The molecule has 0 saturated heterocycles. The van der Waals surface area contributed by atoms with E-state index in [1.165, 1.54) is 16.7 Å². The first kappa shape index (κ1) is 9.94. The number of aliphatic hydroxyl groups excluding tert-OH is 1. The summed E-state index contributed by atoms with van der Waals surface area (Å²) in [4.78, 5) is 0. The summed E-state index contributed by atoms with van der Waals surface area (Å²) in [7, 11) is 0. The maximum atomic E-state index is 9.27. The summed E-state index contributed by atoms with van der Waals surface area (Å²) in [5.41, 5.74) is 3.60. The summed E-state index contributed by atoms with van der Waals surface area (Å²) in [6.45, 7) is 3.82. The molecule has 0 fully saturated rings. The van der Waals surface area contributed by atoms with E-state index in [1.54, 1.807) is 6.08 Å². The van der Waals surface area contributed by atoms with E-state index < -0.39 is 0 Å². The number of rotatable bonds is 3. The Morgan fingerprint density at radius 3 is 2.87 bits per heavy atom. The Morgan fingerprint density at radius 2 is 2.13 bits per heavy atom. The summed E-state index contributed by atoms with van der Waals surface area (Å²) >= 11 is 0. The van der Waals surface area contributed by atoms with Gasteiger partial charge in [0.1, 0.15) is 0 Å². The van der Waals surface area contributed by atoms with Gasteiger partial charge in [0.2, 0.25) is 0 Å². The number of fused-ring (bicyclic) bond motifs is 1. The Labute approximate surface area is 90.1 Å². The molecular weight excluding hydrogens is 184 g/mol. The van der Waals surface area contributed by atoms with Crippen molar-refractivity contribution in [2.75, 3.05) is 6.61 Å². The van der Waals surface area contributed by atoms with Crippen molar-refractivity contribution in [2.45, 2.75) is 5.92 Å². The molecule has 15 heavy (non-hydrogen) atoms. The van der Waals surface area contributed by atoms with Gasteiger partial charge in [-0.2, -0.15) is 0 Å². The van der Waals surface area contributed by atoms with Gasteiger partial charge in [-0.05, 0) is 16.7 Å². The lowest BCUT2D eigenvalue weighted by Gasteiger charge is -2.05. The van der Waals surface area contributed by atoms with Crippen LogP contribution in [0.15, 0.2) is 55.1 Å². The predicted octanol–water partition coefficient (Wildman–Crippen LogP) is 2.90. The third-order valence-electron chi connectivity index (χ3n) is 2.66. The molecule has 0 spiro atoms. The van der Waals surface area contributed by atoms with E-state index in [1.807, 2.05) is 24.3 Å². The minimum atomic E-state index is 0.144. The maximum Gasteiger partial charge on any atom is 0.0535 e. The van der Waals surface area contributed by atoms with Crippen LogP contribution < -0.4 is 0 Å². The van der Waals surface area contributed by atoms with Crippen molar-refractivity contribution < 1.29 is 5.11 Å². The average molecular weight is 198 g/mol. The standard InChI is InChI=1S/C14H14O/c1-2-3-6-11-9-12(10-15)14-8-5-4-7-13(11)14/h2-9,12,15H,1,10H2/b6-3-. The SMILES string of the molecule is C=C/C=C\C1=CC(CO)c2ccccc21. The number of hydrogen-bond acceptors (Lipinski definition) is 1. The first-order chi connectivity index (χ1) is 7.36. The van der Waals surface area contributed by atoms with Crippen LogP contribution in [0.1, 0.15) is 17.0 Å². The molecule has 0 bridgehead atoms. The molecule has 1 aliphatic carbocycles. The van der Waals surface area contributed by atoms with Crippen LogP contribution in [0.5, 0.6) is 0 Å². The molecule has 0 saturated carbocycles. The molecule has 76 valence electrons. The van der Waals surface area contributed by atoms with Crippen LogP contribution in [-0.2, 0) is 0 Å². The van der Waals surface area contributed by atoms with Gasteiger partial charge in [-0.3, -0.25) is 0 Å². The molecule has 1 aromatic carbocycles. The summed E-state index contributed by atoms with van der Waals surface area (Å²) in [5.74, 6) is 0.144. The maximum absolute atomic E-state index is 9.27. The second kappa shape index (κ2) is 4.28. The Morgan fingerprint density at radius 1 is 1.33 bits per heavy atom. The van der Waals surface area contributed by atoms with Crippen molar-refractivity contribution in [3.05, 3.63) is 66.3 Å². The second-order valence-electron chi connectivity index (χ2n) is 3.59. The number of allylic oxidation sites excluding steroid dienone is 4. The third-order valence-corrected chi connectivity index (χ3v) is 2.66. The van der Waals surface area contributed by atoms with Gasteiger partial charge >= 0.3 is 0 Å². The summed E-state index contributed by atoms with van der Waals surface area (Å²) < 4.78 is 0. The quantitative estimate of drug-likeness (QED) is 0.740. The molecule has 1 N–H and O–H groups in total. The second-order valence-corrected chi connectivity index (χ2v) is 3.59. The summed E-state index contributed by atoms with van der Waals surface area (Å²) in [6, 6.07) is 8.19. The Balaban J connectivity index is 2.42. The van der Waals surface area contributed by atoms with Gasteiger partial charge in [0, 0.05) is 5.92 Å². The van der Waals surface area contributed by atoms with Gasteiger partial charge in [-0.15, -0.1) is 0 Å². The van der Waals surface area contributed by atoms with Crippen LogP contribution in [0.25, 0.3) is 5.57 Å². The lowest BCUT2D eigenvalue weighted by molar-refractivity contribution is 0.284. The van der Waals surface area contributed by atoms with Crippen molar-refractivity contribution in [2.24, 2.45) is 0 Å². The van der Waals surface area contributed by atoms with E-state index in [4.69, 9.17) is 0 Å². The fourth-order valence-corrected chi connectivity index (χ4v) is 1.95. The highest BCUT2D eigenvalue weighted by Gasteiger charge is 2.20. The van der Waals surface area contributed by atoms with Gasteiger partial charge in [-0.1, -0.05) is 55.1 Å². The van der Waals surface area contributed by atoms with Gasteiger partial charge in [0.25, 0.3) is 0 Å². The molecule has 1 atom stereocenters. The summed E-state index contributed by atoms with van der Waals surface area (Å²) in [5, 5.41) is 9.27. The van der Waals surface area contributed by atoms with Crippen LogP contribution in [0, 0.1) is 0 Å². The monoisotopic (exact) mass is 198 g/mol. The van der Waals surface area contributed by atoms with Gasteiger partial charge in [0.15, 0.2) is 0 Å². The van der Waals surface area contributed by atoms with Crippen molar-refractivity contribution in [3.8, 4) is 0 Å². The van der Waals surface area contributed by atoms with Crippen LogP contribution in [0.2, 0.25) is 0 Å². The van der Waals surface area contributed by atoms with E-state index in [0.717, 1.165) is 0 Å². The third kappa shape index (κ3) is 1.79. The van der Waals surface area contributed by atoms with Crippen LogP contribution in [-0.4, -0.2) is 11.7 Å². The zero-order valence-electron chi connectivity index (χ0n) is 8.56. The van der Waals surface area contributed by atoms with Crippen LogP contribution >= 0.6 is 0 Å². The molecule has 2 rings (SSSR count). The van der Waals surface area contributed by atoms with Crippen LogP contribution in [0.3, 0.4) is 0 Å². The minimum absolute atomic E-state index is 0.144. The Hall–Kier alpha value is -1.60.